The number of benzene rings is 2. The summed E-state index contributed by atoms with van der Waals surface area (Å²) in [4.78, 5) is 9.40. The second-order valence-electron chi connectivity index (χ2n) is 8.82. The van der Waals surface area contributed by atoms with Crippen LogP contribution in [0.2, 0.25) is 0 Å². The van der Waals surface area contributed by atoms with Gasteiger partial charge < -0.3 is 11.1 Å². The molecule has 6 nitrogen and oxygen atoms in total. The molecule has 31 heavy (non-hydrogen) atoms. The molecule has 1 saturated heterocycles. The molecular formula is C24H30N4O2S. The van der Waals surface area contributed by atoms with Crippen molar-refractivity contribution in [2.75, 3.05) is 22.6 Å². The summed E-state index contributed by atoms with van der Waals surface area (Å²) in [6.45, 7) is 8.10. The second kappa shape index (κ2) is 8.11. The van der Waals surface area contributed by atoms with Gasteiger partial charge in [0.25, 0.3) is 0 Å². The molecule has 4 rings (SSSR count). The molecule has 1 fully saturated rings. The van der Waals surface area contributed by atoms with Crippen molar-refractivity contribution in [3.63, 3.8) is 0 Å². The summed E-state index contributed by atoms with van der Waals surface area (Å²) in [5.74, 6) is 2.27. The number of rotatable bonds is 4. The summed E-state index contributed by atoms with van der Waals surface area (Å²) in [6, 6.07) is 10.4. The second-order valence-corrected chi connectivity index (χ2v) is 11.1. The Morgan fingerprint density at radius 3 is 2.42 bits per heavy atom. The Labute approximate surface area is 184 Å². The number of fused-ring (bicyclic) bond motifs is 1. The quantitative estimate of drug-likeness (QED) is 0.578. The molecule has 0 amide bonds. The van der Waals surface area contributed by atoms with E-state index in [0.29, 0.717) is 18.7 Å². The summed E-state index contributed by atoms with van der Waals surface area (Å²) in [6.07, 6.45) is 1.34. The molecule has 0 aliphatic carbocycles. The average molecular weight is 439 g/mol. The molecule has 1 atom stereocenters. The van der Waals surface area contributed by atoms with Gasteiger partial charge in [0.2, 0.25) is 0 Å². The molecule has 0 bridgehead atoms. The topological polar surface area (TPSA) is 98.0 Å². The highest BCUT2D eigenvalue weighted by molar-refractivity contribution is 7.91. The van der Waals surface area contributed by atoms with Gasteiger partial charge in [0.05, 0.1) is 23.1 Å². The largest absolute Gasteiger partial charge is 0.399 e. The molecule has 0 radical (unpaired) electrons. The van der Waals surface area contributed by atoms with Crippen LogP contribution in [-0.4, -0.2) is 29.9 Å². The zero-order valence-corrected chi connectivity index (χ0v) is 19.4. The summed E-state index contributed by atoms with van der Waals surface area (Å²) < 4.78 is 23.7. The minimum Gasteiger partial charge on any atom is -0.399 e. The van der Waals surface area contributed by atoms with Crippen molar-refractivity contribution in [3.8, 4) is 0 Å². The van der Waals surface area contributed by atoms with E-state index in [1.165, 1.54) is 5.56 Å². The average Bonchev–Trinajstić information content (AvgIpc) is 2.68. The number of anilines is 2. The summed E-state index contributed by atoms with van der Waals surface area (Å²) >= 11 is 0. The van der Waals surface area contributed by atoms with Crippen LogP contribution >= 0.6 is 0 Å². The lowest BCUT2D eigenvalue weighted by atomic mass is 9.91. The minimum atomic E-state index is -2.89. The van der Waals surface area contributed by atoms with Gasteiger partial charge >= 0.3 is 0 Å². The first kappa shape index (κ1) is 21.6. The van der Waals surface area contributed by atoms with E-state index in [2.05, 4.69) is 42.3 Å². The molecule has 0 saturated carbocycles. The van der Waals surface area contributed by atoms with E-state index in [1.54, 1.807) is 0 Å². The predicted octanol–water partition coefficient (Wildman–Crippen LogP) is 4.60. The van der Waals surface area contributed by atoms with E-state index in [0.717, 1.165) is 39.1 Å². The third kappa shape index (κ3) is 4.66. The van der Waals surface area contributed by atoms with Gasteiger partial charge in [0, 0.05) is 11.1 Å². The van der Waals surface area contributed by atoms with E-state index in [9.17, 15) is 8.42 Å². The van der Waals surface area contributed by atoms with Gasteiger partial charge in [-0.1, -0.05) is 12.1 Å². The van der Waals surface area contributed by atoms with Crippen LogP contribution in [0.5, 0.6) is 0 Å². The highest BCUT2D eigenvalue weighted by Crippen LogP contribution is 2.35. The van der Waals surface area contributed by atoms with E-state index in [1.807, 2.05) is 26.0 Å². The van der Waals surface area contributed by atoms with Crippen molar-refractivity contribution in [1.29, 1.82) is 0 Å². The molecule has 2 heterocycles. The van der Waals surface area contributed by atoms with Gasteiger partial charge in [0.1, 0.15) is 21.5 Å². The van der Waals surface area contributed by atoms with E-state index >= 15 is 0 Å². The standard InChI is InChI=1S/C24H30N4O2S/c1-14-9-19(12-21(25)10-14)16(3)26-24-22-13-20(18-5-7-31(29,30)8-6-18)11-15(2)23(22)27-17(4)28-24/h9-13,16,18H,5-8,25H2,1-4H3,(H,26,27,28)/t16-/m1/s1. The minimum absolute atomic E-state index is 0.0171. The smallest absolute Gasteiger partial charge is 0.150 e. The first-order valence-electron chi connectivity index (χ1n) is 10.7. The fourth-order valence-corrected chi connectivity index (χ4v) is 5.99. The monoisotopic (exact) mass is 438 g/mol. The number of sulfone groups is 1. The molecule has 1 aliphatic heterocycles. The van der Waals surface area contributed by atoms with Gasteiger partial charge in [-0.15, -0.1) is 0 Å². The third-order valence-electron chi connectivity index (χ3n) is 6.13. The number of nitrogen functional groups attached to an aromatic ring is 1. The van der Waals surface area contributed by atoms with Crippen LogP contribution in [0.1, 0.15) is 59.8 Å². The highest BCUT2D eigenvalue weighted by atomic mass is 32.2. The van der Waals surface area contributed by atoms with Crippen LogP contribution in [0.3, 0.4) is 0 Å². The molecule has 1 aliphatic rings. The Morgan fingerprint density at radius 2 is 1.74 bits per heavy atom. The Morgan fingerprint density at radius 1 is 1.03 bits per heavy atom. The molecule has 0 unspecified atom stereocenters. The van der Waals surface area contributed by atoms with Gasteiger partial charge in [0.15, 0.2) is 0 Å². The Bertz CT molecular complexity index is 1220. The van der Waals surface area contributed by atoms with Crippen molar-refractivity contribution in [2.45, 2.75) is 52.5 Å². The summed E-state index contributed by atoms with van der Waals surface area (Å²) in [5, 5.41) is 4.54. The van der Waals surface area contributed by atoms with E-state index in [4.69, 9.17) is 10.7 Å². The van der Waals surface area contributed by atoms with Crippen molar-refractivity contribution in [3.05, 3.63) is 58.4 Å². The number of hydrogen-bond donors (Lipinski definition) is 2. The van der Waals surface area contributed by atoms with E-state index < -0.39 is 9.84 Å². The Kier molecular flexibility index (Phi) is 5.64. The zero-order chi connectivity index (χ0) is 22.3. The van der Waals surface area contributed by atoms with Crippen LogP contribution in [-0.2, 0) is 9.84 Å². The Hall–Kier alpha value is -2.67. The first-order chi connectivity index (χ1) is 14.6. The first-order valence-corrected chi connectivity index (χ1v) is 12.6. The van der Waals surface area contributed by atoms with Gasteiger partial charge in [-0.25, -0.2) is 18.4 Å². The van der Waals surface area contributed by atoms with Crippen LogP contribution in [0.4, 0.5) is 11.5 Å². The number of nitrogens with one attached hydrogen (secondary N) is 1. The normalized spacial score (nSPS) is 17.5. The van der Waals surface area contributed by atoms with Gasteiger partial charge in [-0.3, -0.25) is 0 Å². The summed E-state index contributed by atoms with van der Waals surface area (Å²) in [7, 11) is -2.89. The predicted molar refractivity (Wildman–Crippen MR) is 127 cm³/mol. The number of nitrogens with zero attached hydrogens (tertiary/aromatic N) is 2. The van der Waals surface area contributed by atoms with Crippen LogP contribution in [0, 0.1) is 20.8 Å². The van der Waals surface area contributed by atoms with Crippen molar-refractivity contribution >= 4 is 32.2 Å². The maximum absolute atomic E-state index is 11.9. The van der Waals surface area contributed by atoms with Crippen molar-refractivity contribution in [1.82, 2.24) is 9.97 Å². The highest BCUT2D eigenvalue weighted by Gasteiger charge is 2.25. The van der Waals surface area contributed by atoms with Crippen molar-refractivity contribution in [2.24, 2.45) is 0 Å². The van der Waals surface area contributed by atoms with Crippen LogP contribution in [0.15, 0.2) is 30.3 Å². The van der Waals surface area contributed by atoms with Gasteiger partial charge in [-0.2, -0.15) is 0 Å². The molecular weight excluding hydrogens is 408 g/mol. The maximum Gasteiger partial charge on any atom is 0.150 e. The fraction of sp³-hybridized carbons (Fsp3) is 0.417. The molecule has 1 aromatic heterocycles. The number of nitrogens with two attached hydrogens (primary N) is 1. The lowest BCUT2D eigenvalue weighted by Gasteiger charge is -2.24. The molecule has 0 spiro atoms. The SMILES string of the molecule is Cc1cc(N)cc([C@@H](C)Nc2nc(C)nc3c(C)cc(C4CCS(=O)(=O)CC4)cc23)c1. The lowest BCUT2D eigenvalue weighted by molar-refractivity contribution is 0.550. The van der Waals surface area contributed by atoms with Crippen LogP contribution in [0.25, 0.3) is 10.9 Å². The Balaban J connectivity index is 1.73. The van der Waals surface area contributed by atoms with Crippen molar-refractivity contribution < 1.29 is 8.42 Å². The van der Waals surface area contributed by atoms with Crippen LogP contribution < -0.4 is 11.1 Å². The summed E-state index contributed by atoms with van der Waals surface area (Å²) in [5.41, 5.74) is 12.2. The third-order valence-corrected chi connectivity index (χ3v) is 7.84. The number of hydrogen-bond acceptors (Lipinski definition) is 6. The lowest BCUT2D eigenvalue weighted by Crippen LogP contribution is -2.22. The maximum atomic E-state index is 11.9. The molecule has 164 valence electrons. The molecule has 2 aromatic carbocycles. The molecule has 7 heteroatoms. The molecule has 3 aromatic rings. The van der Waals surface area contributed by atoms with E-state index in [-0.39, 0.29) is 23.5 Å². The zero-order valence-electron chi connectivity index (χ0n) is 18.6. The fourth-order valence-electron chi connectivity index (χ4n) is 4.50. The molecule has 3 N–H and O–H groups in total. The number of aromatic nitrogens is 2. The van der Waals surface area contributed by atoms with Gasteiger partial charge in [-0.05, 0) is 86.9 Å². The number of aryl methyl sites for hydroxylation is 3.